The topological polar surface area (TPSA) is 65.1 Å². The number of ether oxygens (including phenoxy) is 3. The Labute approximate surface area is 168 Å². The van der Waals surface area contributed by atoms with Crippen LogP contribution in [-0.2, 0) is 19.0 Å². The van der Waals surface area contributed by atoms with Gasteiger partial charge in [-0.05, 0) is 47.0 Å². The normalized spacial score (nSPS) is 31.2. The maximum absolute atomic E-state index is 13.1. The molecule has 2 aliphatic heterocycles. The first-order valence-electron chi connectivity index (χ1n) is 10.6. The fraction of sp³-hybridized carbons (Fsp3) is 0.818. The molecule has 3 rings (SSSR count). The number of rotatable bonds is 3. The molecule has 6 heteroatoms. The highest BCUT2D eigenvalue weighted by Gasteiger charge is 2.55. The predicted molar refractivity (Wildman–Crippen MR) is 106 cm³/mol. The first-order valence-corrected chi connectivity index (χ1v) is 10.6. The average Bonchev–Trinajstić information content (AvgIpc) is 3.03. The van der Waals surface area contributed by atoms with Crippen LogP contribution in [0.4, 0.5) is 4.79 Å². The van der Waals surface area contributed by atoms with Gasteiger partial charge in [-0.15, -0.1) is 0 Å². The molecule has 28 heavy (non-hydrogen) atoms. The molecule has 0 aromatic rings. The molecule has 0 N–H and O–H groups in total. The van der Waals surface area contributed by atoms with Crippen LogP contribution in [0.25, 0.3) is 0 Å². The third-order valence-electron chi connectivity index (χ3n) is 5.97. The molecule has 0 radical (unpaired) electrons. The molecule has 3 aliphatic rings. The predicted octanol–water partition coefficient (Wildman–Crippen LogP) is 4.57. The Morgan fingerprint density at radius 1 is 1.25 bits per heavy atom. The van der Waals surface area contributed by atoms with E-state index in [2.05, 4.69) is 6.58 Å². The van der Waals surface area contributed by atoms with E-state index in [1.807, 2.05) is 34.6 Å². The summed E-state index contributed by atoms with van der Waals surface area (Å²) in [5, 5.41) is 0. The van der Waals surface area contributed by atoms with E-state index >= 15 is 0 Å². The highest BCUT2D eigenvalue weighted by Crippen LogP contribution is 2.42. The SMILES string of the molecule is C=C1C[C@@H](C2OC(C)(C)N(C(=O)OC(C)(C)C)[C@H]2CC2CCCCC2)OC1=O. The number of carbonyl (C=O) groups excluding carboxylic acids is 2. The Morgan fingerprint density at radius 3 is 2.43 bits per heavy atom. The van der Waals surface area contributed by atoms with Crippen molar-refractivity contribution >= 4 is 12.1 Å². The molecule has 2 heterocycles. The van der Waals surface area contributed by atoms with Crippen molar-refractivity contribution in [1.29, 1.82) is 0 Å². The molecule has 1 aliphatic carbocycles. The Balaban J connectivity index is 1.87. The van der Waals surface area contributed by atoms with Gasteiger partial charge in [-0.1, -0.05) is 38.7 Å². The highest BCUT2D eigenvalue weighted by molar-refractivity contribution is 5.90. The standard InChI is InChI=1S/C22H35NO5/c1-14-12-17(26-19(14)24)18-16(13-15-10-8-7-9-11-15)23(22(5,6)27-18)20(25)28-21(2,3)4/h15-18H,1,7-13H2,2-6H3/t16-,17-,18?/m0/s1. The van der Waals surface area contributed by atoms with Gasteiger partial charge in [0.25, 0.3) is 0 Å². The fourth-order valence-corrected chi connectivity index (χ4v) is 4.78. The Kier molecular flexibility index (Phi) is 5.81. The molecule has 1 unspecified atom stereocenters. The van der Waals surface area contributed by atoms with Crippen molar-refractivity contribution in [1.82, 2.24) is 4.90 Å². The summed E-state index contributed by atoms with van der Waals surface area (Å²) >= 11 is 0. The average molecular weight is 394 g/mol. The molecule has 1 saturated carbocycles. The van der Waals surface area contributed by atoms with Gasteiger partial charge in [-0.25, -0.2) is 9.59 Å². The summed E-state index contributed by atoms with van der Waals surface area (Å²) in [4.78, 5) is 26.8. The largest absolute Gasteiger partial charge is 0.456 e. The molecule has 3 fully saturated rings. The van der Waals surface area contributed by atoms with E-state index in [9.17, 15) is 9.59 Å². The number of hydrogen-bond donors (Lipinski definition) is 0. The Hall–Kier alpha value is -1.56. The molecule has 0 spiro atoms. The van der Waals surface area contributed by atoms with Crippen molar-refractivity contribution in [2.45, 2.75) is 109 Å². The number of nitrogens with zero attached hydrogens (tertiary/aromatic N) is 1. The molecule has 0 aromatic heterocycles. The van der Waals surface area contributed by atoms with Gasteiger partial charge in [0.1, 0.15) is 23.5 Å². The number of amides is 1. The molecular formula is C22H35NO5. The smallest absolute Gasteiger partial charge is 0.412 e. The second kappa shape index (κ2) is 7.69. The summed E-state index contributed by atoms with van der Waals surface area (Å²) in [6.07, 6.45) is 6.23. The van der Waals surface area contributed by atoms with Gasteiger partial charge in [-0.3, -0.25) is 4.90 Å². The van der Waals surface area contributed by atoms with Crippen molar-refractivity contribution in [3.05, 3.63) is 12.2 Å². The number of carbonyl (C=O) groups is 2. The van der Waals surface area contributed by atoms with E-state index in [-0.39, 0.29) is 24.2 Å². The lowest BCUT2D eigenvalue weighted by molar-refractivity contribution is -0.149. The van der Waals surface area contributed by atoms with Crippen LogP contribution in [-0.4, -0.2) is 46.5 Å². The molecule has 1 amide bonds. The van der Waals surface area contributed by atoms with E-state index in [0.717, 1.165) is 6.42 Å². The minimum Gasteiger partial charge on any atom is -0.456 e. The van der Waals surface area contributed by atoms with Crippen LogP contribution in [0.1, 0.15) is 79.6 Å². The van der Waals surface area contributed by atoms with Crippen LogP contribution in [0.5, 0.6) is 0 Å². The first-order chi connectivity index (χ1) is 13.0. The minimum atomic E-state index is -0.831. The summed E-state index contributed by atoms with van der Waals surface area (Å²) in [6, 6.07) is -0.184. The van der Waals surface area contributed by atoms with Crippen LogP contribution in [0.2, 0.25) is 0 Å². The zero-order valence-corrected chi connectivity index (χ0v) is 18.0. The Morgan fingerprint density at radius 2 is 1.89 bits per heavy atom. The van der Waals surface area contributed by atoms with E-state index < -0.39 is 17.4 Å². The van der Waals surface area contributed by atoms with Gasteiger partial charge in [-0.2, -0.15) is 0 Å². The summed E-state index contributed by atoms with van der Waals surface area (Å²) in [5.74, 6) is 0.183. The fourth-order valence-electron chi connectivity index (χ4n) is 4.78. The molecule has 158 valence electrons. The molecule has 0 bridgehead atoms. The van der Waals surface area contributed by atoms with Crippen molar-refractivity contribution < 1.29 is 23.8 Å². The van der Waals surface area contributed by atoms with E-state index in [1.165, 1.54) is 32.1 Å². The highest BCUT2D eigenvalue weighted by atomic mass is 16.6. The van der Waals surface area contributed by atoms with Gasteiger partial charge >= 0.3 is 12.1 Å². The van der Waals surface area contributed by atoms with Crippen LogP contribution in [0.15, 0.2) is 12.2 Å². The Bertz CT molecular complexity index is 613. The lowest BCUT2D eigenvalue weighted by Gasteiger charge is -2.37. The van der Waals surface area contributed by atoms with Crippen molar-refractivity contribution in [3.63, 3.8) is 0 Å². The number of hydrogen-bond acceptors (Lipinski definition) is 5. The quantitative estimate of drug-likeness (QED) is 0.519. The summed E-state index contributed by atoms with van der Waals surface area (Å²) in [5.41, 5.74) is -0.948. The maximum atomic E-state index is 13.1. The van der Waals surface area contributed by atoms with Crippen LogP contribution in [0, 0.1) is 5.92 Å². The monoisotopic (exact) mass is 393 g/mol. The van der Waals surface area contributed by atoms with Gasteiger partial charge < -0.3 is 14.2 Å². The van der Waals surface area contributed by atoms with Gasteiger partial charge in [0.2, 0.25) is 0 Å². The van der Waals surface area contributed by atoms with E-state index in [0.29, 0.717) is 17.9 Å². The van der Waals surface area contributed by atoms with Crippen molar-refractivity contribution in [3.8, 4) is 0 Å². The molecular weight excluding hydrogens is 358 g/mol. The van der Waals surface area contributed by atoms with Crippen LogP contribution < -0.4 is 0 Å². The van der Waals surface area contributed by atoms with Crippen molar-refractivity contribution in [2.75, 3.05) is 0 Å². The molecule has 2 saturated heterocycles. The first kappa shape index (κ1) is 21.2. The van der Waals surface area contributed by atoms with Crippen LogP contribution >= 0.6 is 0 Å². The zero-order chi connectivity index (χ0) is 20.7. The number of cyclic esters (lactones) is 1. The van der Waals surface area contributed by atoms with Gasteiger partial charge in [0, 0.05) is 12.0 Å². The van der Waals surface area contributed by atoms with Crippen molar-refractivity contribution in [2.24, 2.45) is 5.92 Å². The lowest BCUT2D eigenvalue weighted by atomic mass is 9.82. The third kappa shape index (κ3) is 4.53. The third-order valence-corrected chi connectivity index (χ3v) is 5.97. The zero-order valence-electron chi connectivity index (χ0n) is 18.0. The van der Waals surface area contributed by atoms with E-state index in [1.54, 1.807) is 4.90 Å². The van der Waals surface area contributed by atoms with Crippen LogP contribution in [0.3, 0.4) is 0 Å². The van der Waals surface area contributed by atoms with Gasteiger partial charge in [0.15, 0.2) is 0 Å². The molecule has 0 aromatic carbocycles. The molecule has 6 nitrogen and oxygen atoms in total. The maximum Gasteiger partial charge on any atom is 0.412 e. The number of esters is 1. The van der Waals surface area contributed by atoms with E-state index in [4.69, 9.17) is 14.2 Å². The van der Waals surface area contributed by atoms with Gasteiger partial charge in [0.05, 0.1) is 6.04 Å². The molecule has 3 atom stereocenters. The summed E-state index contributed by atoms with van der Waals surface area (Å²) in [6.45, 7) is 13.2. The lowest BCUT2D eigenvalue weighted by Crippen LogP contribution is -2.51. The summed E-state index contributed by atoms with van der Waals surface area (Å²) in [7, 11) is 0. The summed E-state index contributed by atoms with van der Waals surface area (Å²) < 4.78 is 17.6. The minimum absolute atomic E-state index is 0.184. The second-order valence-corrected chi connectivity index (χ2v) is 9.94. The second-order valence-electron chi connectivity index (χ2n) is 9.94.